The van der Waals surface area contributed by atoms with E-state index in [0.29, 0.717) is 22.5 Å². The van der Waals surface area contributed by atoms with Crippen LogP contribution in [0.25, 0.3) is 0 Å². The zero-order valence-corrected chi connectivity index (χ0v) is 19.7. The molecule has 180 valence electrons. The predicted octanol–water partition coefficient (Wildman–Crippen LogP) is 6.22. The second-order valence-corrected chi connectivity index (χ2v) is 9.55. The Balaban J connectivity index is 1.67. The molecule has 0 spiro atoms. The van der Waals surface area contributed by atoms with E-state index in [9.17, 15) is 26.4 Å². The summed E-state index contributed by atoms with van der Waals surface area (Å²) < 4.78 is 71.8. The highest BCUT2D eigenvalue weighted by Gasteiger charge is 2.33. The van der Waals surface area contributed by atoms with E-state index in [1.54, 1.807) is 24.3 Å². The van der Waals surface area contributed by atoms with Crippen LogP contribution in [-0.2, 0) is 21.0 Å². The summed E-state index contributed by atoms with van der Waals surface area (Å²) in [7, 11) is -4.20. The van der Waals surface area contributed by atoms with E-state index in [1.807, 2.05) is 0 Å². The Labute approximate surface area is 203 Å². The lowest BCUT2D eigenvalue weighted by molar-refractivity contribution is -0.137. The van der Waals surface area contributed by atoms with E-state index in [-0.39, 0.29) is 10.6 Å². The van der Waals surface area contributed by atoms with E-state index in [0.717, 1.165) is 12.1 Å². The van der Waals surface area contributed by atoms with Crippen LogP contribution in [0.2, 0.25) is 10.0 Å². The number of carbonyl (C=O) groups excluding carboxylic acids is 1. The van der Waals surface area contributed by atoms with Gasteiger partial charge in [-0.2, -0.15) is 13.2 Å². The van der Waals surface area contributed by atoms with Gasteiger partial charge in [0.25, 0.3) is 15.9 Å². The fourth-order valence-corrected chi connectivity index (χ4v) is 4.15. The Kier molecular flexibility index (Phi) is 7.64. The Hall–Kier alpha value is -2.95. The van der Waals surface area contributed by atoms with Crippen molar-refractivity contribution in [2.45, 2.75) is 24.1 Å². The summed E-state index contributed by atoms with van der Waals surface area (Å²) in [5, 5.41) is 2.56. The maximum atomic E-state index is 13.0. The molecule has 0 saturated carbocycles. The van der Waals surface area contributed by atoms with Gasteiger partial charge in [-0.3, -0.25) is 9.52 Å². The van der Waals surface area contributed by atoms with Gasteiger partial charge in [-0.15, -0.1) is 0 Å². The van der Waals surface area contributed by atoms with Gasteiger partial charge in [0, 0.05) is 16.4 Å². The molecule has 3 aromatic rings. The molecule has 0 saturated heterocycles. The van der Waals surface area contributed by atoms with Crippen LogP contribution in [0.5, 0.6) is 5.75 Å². The molecule has 2 N–H and O–H groups in total. The third-order valence-electron chi connectivity index (χ3n) is 4.45. The molecule has 12 heteroatoms. The first kappa shape index (κ1) is 25.7. The lowest BCUT2D eigenvalue weighted by Crippen LogP contribution is -2.30. The number of carbonyl (C=O) groups is 1. The van der Waals surface area contributed by atoms with Gasteiger partial charge >= 0.3 is 6.18 Å². The van der Waals surface area contributed by atoms with Crippen molar-refractivity contribution in [3.63, 3.8) is 0 Å². The summed E-state index contributed by atoms with van der Waals surface area (Å²) in [5.74, 6) is -0.0417. The highest BCUT2D eigenvalue weighted by molar-refractivity contribution is 7.92. The third kappa shape index (κ3) is 6.55. The second-order valence-electron chi connectivity index (χ2n) is 7.03. The van der Waals surface area contributed by atoms with Gasteiger partial charge in [0.1, 0.15) is 5.75 Å². The van der Waals surface area contributed by atoms with Gasteiger partial charge in [0.15, 0.2) is 6.10 Å². The predicted molar refractivity (Wildman–Crippen MR) is 124 cm³/mol. The molecule has 1 atom stereocenters. The second kappa shape index (κ2) is 10.1. The SMILES string of the molecule is C[C@@H](Oc1ccc(Cl)cc1)C(=O)Nc1ccc(S(=O)(=O)Nc2ccc(Cl)c(C(F)(F)F)c2)cc1. The minimum atomic E-state index is -4.74. The summed E-state index contributed by atoms with van der Waals surface area (Å²) >= 11 is 11.4. The lowest BCUT2D eigenvalue weighted by atomic mass is 10.2. The van der Waals surface area contributed by atoms with Crippen LogP contribution < -0.4 is 14.8 Å². The number of hydrogen-bond acceptors (Lipinski definition) is 4. The van der Waals surface area contributed by atoms with Crippen molar-refractivity contribution in [1.82, 2.24) is 0 Å². The van der Waals surface area contributed by atoms with E-state index < -0.39 is 38.8 Å². The van der Waals surface area contributed by atoms with Crippen LogP contribution in [0.3, 0.4) is 0 Å². The lowest BCUT2D eigenvalue weighted by Gasteiger charge is -2.15. The minimum Gasteiger partial charge on any atom is -0.481 e. The number of rotatable bonds is 7. The number of amides is 1. The molecular formula is C22H17Cl2F3N2O4S. The monoisotopic (exact) mass is 532 g/mol. The van der Waals surface area contributed by atoms with E-state index >= 15 is 0 Å². The van der Waals surface area contributed by atoms with Crippen LogP contribution in [0.15, 0.2) is 71.6 Å². The fraction of sp³-hybridized carbons (Fsp3) is 0.136. The van der Waals surface area contributed by atoms with Crippen LogP contribution in [-0.4, -0.2) is 20.4 Å². The van der Waals surface area contributed by atoms with Gasteiger partial charge < -0.3 is 10.1 Å². The average molecular weight is 533 g/mol. The number of ether oxygens (including phenoxy) is 1. The molecule has 0 heterocycles. The van der Waals surface area contributed by atoms with Crippen LogP contribution in [0.1, 0.15) is 12.5 Å². The number of hydrogen-bond donors (Lipinski definition) is 2. The number of nitrogens with one attached hydrogen (secondary N) is 2. The van der Waals surface area contributed by atoms with Crippen molar-refractivity contribution < 1.29 is 31.1 Å². The maximum Gasteiger partial charge on any atom is 0.417 e. The van der Waals surface area contributed by atoms with Crippen molar-refractivity contribution in [3.05, 3.63) is 82.3 Å². The normalized spacial score (nSPS) is 12.6. The third-order valence-corrected chi connectivity index (χ3v) is 6.43. The molecule has 0 unspecified atom stereocenters. The van der Waals surface area contributed by atoms with Crippen LogP contribution in [0, 0.1) is 0 Å². The highest BCUT2D eigenvalue weighted by atomic mass is 35.5. The van der Waals surface area contributed by atoms with Crippen molar-refractivity contribution in [3.8, 4) is 5.75 Å². The standard InChI is InChI=1S/C22H17Cl2F3N2O4S/c1-13(33-17-7-2-14(23)3-8-17)21(30)28-15-4-9-18(10-5-15)34(31,32)29-16-6-11-20(24)19(12-16)22(25,26)27/h2-13,29H,1H3,(H,28,30)/t13-/m1/s1. The molecule has 0 aliphatic rings. The zero-order chi connectivity index (χ0) is 25.1. The van der Waals surface area contributed by atoms with Gasteiger partial charge in [0.2, 0.25) is 0 Å². The summed E-state index contributed by atoms with van der Waals surface area (Å²) in [5.41, 5.74) is -1.17. The fourth-order valence-electron chi connectivity index (χ4n) is 2.75. The van der Waals surface area contributed by atoms with Gasteiger partial charge in [-0.25, -0.2) is 8.42 Å². The zero-order valence-electron chi connectivity index (χ0n) is 17.4. The quantitative estimate of drug-likeness (QED) is 0.378. The minimum absolute atomic E-state index is 0.223. The Bertz CT molecular complexity index is 1280. The molecule has 0 fully saturated rings. The molecule has 6 nitrogen and oxygen atoms in total. The molecule has 1 amide bonds. The average Bonchev–Trinajstić information content (AvgIpc) is 2.76. The van der Waals surface area contributed by atoms with Crippen LogP contribution >= 0.6 is 23.2 Å². The molecular weight excluding hydrogens is 516 g/mol. The van der Waals surface area contributed by atoms with E-state index in [4.69, 9.17) is 27.9 Å². The molecule has 3 rings (SSSR count). The number of sulfonamides is 1. The Morgan fingerprint density at radius 3 is 2.12 bits per heavy atom. The van der Waals surface area contributed by atoms with E-state index in [2.05, 4.69) is 10.0 Å². The van der Waals surface area contributed by atoms with Crippen molar-refractivity contribution in [2.75, 3.05) is 10.0 Å². The summed E-state index contributed by atoms with van der Waals surface area (Å²) in [6, 6.07) is 14.2. The molecule has 0 aliphatic heterocycles. The first-order valence-corrected chi connectivity index (χ1v) is 11.8. The number of anilines is 2. The number of halogens is 5. The highest BCUT2D eigenvalue weighted by Crippen LogP contribution is 2.36. The molecule has 3 aromatic carbocycles. The molecule has 0 radical (unpaired) electrons. The topological polar surface area (TPSA) is 84.5 Å². The van der Waals surface area contributed by atoms with Gasteiger partial charge in [-0.1, -0.05) is 23.2 Å². The van der Waals surface area contributed by atoms with Crippen molar-refractivity contribution >= 4 is 50.5 Å². The maximum absolute atomic E-state index is 13.0. The smallest absolute Gasteiger partial charge is 0.417 e. The molecule has 0 bridgehead atoms. The summed E-state index contributed by atoms with van der Waals surface area (Å²) in [6.45, 7) is 1.54. The summed E-state index contributed by atoms with van der Waals surface area (Å²) in [4.78, 5) is 12.1. The largest absolute Gasteiger partial charge is 0.481 e. The molecule has 0 aliphatic carbocycles. The number of benzene rings is 3. The van der Waals surface area contributed by atoms with Gasteiger partial charge in [-0.05, 0) is 73.7 Å². The molecule has 0 aromatic heterocycles. The van der Waals surface area contributed by atoms with Crippen LogP contribution in [0.4, 0.5) is 24.5 Å². The number of alkyl halides is 3. The Morgan fingerprint density at radius 2 is 1.53 bits per heavy atom. The first-order valence-electron chi connectivity index (χ1n) is 9.58. The van der Waals surface area contributed by atoms with Crippen molar-refractivity contribution in [1.29, 1.82) is 0 Å². The first-order chi connectivity index (χ1) is 15.8. The van der Waals surface area contributed by atoms with Gasteiger partial charge in [0.05, 0.1) is 15.5 Å². The summed E-state index contributed by atoms with van der Waals surface area (Å²) in [6.07, 6.45) is -5.61. The molecule has 34 heavy (non-hydrogen) atoms. The van der Waals surface area contributed by atoms with E-state index in [1.165, 1.54) is 31.2 Å². The Morgan fingerprint density at radius 1 is 0.941 bits per heavy atom. The van der Waals surface area contributed by atoms with Crippen molar-refractivity contribution in [2.24, 2.45) is 0 Å².